The first-order valence-corrected chi connectivity index (χ1v) is 8.02. The van der Waals surface area contributed by atoms with Gasteiger partial charge in [-0.3, -0.25) is 4.79 Å². The van der Waals surface area contributed by atoms with E-state index in [0.29, 0.717) is 5.92 Å². The summed E-state index contributed by atoms with van der Waals surface area (Å²) in [4.78, 5) is 12.5. The van der Waals surface area contributed by atoms with Crippen molar-refractivity contribution in [3.05, 3.63) is 59.2 Å². The van der Waals surface area contributed by atoms with Crippen LogP contribution in [0.2, 0.25) is 0 Å². The molecule has 0 unspecified atom stereocenters. The Morgan fingerprint density at radius 1 is 0.957 bits per heavy atom. The first-order chi connectivity index (χ1) is 10.9. The third-order valence-electron chi connectivity index (χ3n) is 3.94. The van der Waals surface area contributed by atoms with Gasteiger partial charge in [-0.05, 0) is 49.4 Å². The average Bonchev–Trinajstić information content (AvgIpc) is 2.51. The van der Waals surface area contributed by atoms with Crippen molar-refractivity contribution < 1.29 is 9.53 Å². The van der Waals surface area contributed by atoms with Gasteiger partial charge in [-0.15, -0.1) is 0 Å². The summed E-state index contributed by atoms with van der Waals surface area (Å²) in [5.74, 6) is 0.979. The fourth-order valence-electron chi connectivity index (χ4n) is 2.55. The van der Waals surface area contributed by atoms with E-state index in [4.69, 9.17) is 4.74 Å². The number of aryl methyl sites for hydroxylation is 2. The molecule has 0 bridgehead atoms. The van der Waals surface area contributed by atoms with Crippen molar-refractivity contribution in [2.24, 2.45) is 0 Å². The number of hydrogen-bond donors (Lipinski definition) is 1. The predicted octanol–water partition coefficient (Wildman–Crippen LogP) is 4.83. The van der Waals surface area contributed by atoms with Gasteiger partial charge in [0.15, 0.2) is 6.10 Å². The molecule has 2 rings (SSSR count). The van der Waals surface area contributed by atoms with Crippen LogP contribution in [0.25, 0.3) is 0 Å². The summed E-state index contributed by atoms with van der Waals surface area (Å²) in [5, 5.41) is 2.98. The fraction of sp³-hybridized carbons (Fsp3) is 0.350. The van der Waals surface area contributed by atoms with Crippen LogP contribution in [0.1, 0.15) is 43.4 Å². The highest BCUT2D eigenvalue weighted by atomic mass is 16.5. The van der Waals surface area contributed by atoms with Gasteiger partial charge in [0.25, 0.3) is 5.91 Å². The van der Waals surface area contributed by atoms with Crippen molar-refractivity contribution in [3.63, 3.8) is 0 Å². The lowest BCUT2D eigenvalue weighted by Gasteiger charge is -2.19. The standard InChI is InChI=1S/C20H25NO2/c1-13(2)17-11-6-7-12-18(17)23-16(5)20(22)21-19-14(3)9-8-10-15(19)4/h6-13,16H,1-5H3,(H,21,22)/t16-/m1/s1. The van der Waals surface area contributed by atoms with Gasteiger partial charge in [0.05, 0.1) is 0 Å². The Hall–Kier alpha value is -2.29. The highest BCUT2D eigenvalue weighted by molar-refractivity contribution is 5.95. The van der Waals surface area contributed by atoms with Crippen LogP contribution in [0.5, 0.6) is 5.75 Å². The van der Waals surface area contributed by atoms with Crippen LogP contribution >= 0.6 is 0 Å². The lowest BCUT2D eigenvalue weighted by Crippen LogP contribution is -2.31. The van der Waals surface area contributed by atoms with E-state index in [1.54, 1.807) is 6.92 Å². The van der Waals surface area contributed by atoms with Gasteiger partial charge >= 0.3 is 0 Å². The quantitative estimate of drug-likeness (QED) is 0.858. The molecule has 2 aromatic rings. The molecule has 1 N–H and O–H groups in total. The van der Waals surface area contributed by atoms with E-state index in [9.17, 15) is 4.79 Å². The van der Waals surface area contributed by atoms with Crippen molar-refractivity contribution >= 4 is 11.6 Å². The summed E-state index contributed by atoms with van der Waals surface area (Å²) < 4.78 is 5.91. The van der Waals surface area contributed by atoms with Crippen molar-refractivity contribution in [1.29, 1.82) is 0 Å². The molecule has 0 fully saturated rings. The van der Waals surface area contributed by atoms with Gasteiger partial charge in [0.1, 0.15) is 5.75 Å². The summed E-state index contributed by atoms with van der Waals surface area (Å²) >= 11 is 0. The van der Waals surface area contributed by atoms with Crippen LogP contribution in [0, 0.1) is 13.8 Å². The highest BCUT2D eigenvalue weighted by Gasteiger charge is 2.18. The molecular weight excluding hydrogens is 286 g/mol. The van der Waals surface area contributed by atoms with E-state index in [1.807, 2.05) is 56.3 Å². The number of carbonyl (C=O) groups is 1. The number of amides is 1. The number of benzene rings is 2. The third kappa shape index (κ3) is 4.13. The number of hydrogen-bond acceptors (Lipinski definition) is 2. The molecule has 0 saturated heterocycles. The Morgan fingerprint density at radius 2 is 1.57 bits per heavy atom. The Balaban J connectivity index is 2.12. The summed E-state index contributed by atoms with van der Waals surface area (Å²) in [6.45, 7) is 9.98. The van der Waals surface area contributed by atoms with E-state index in [-0.39, 0.29) is 5.91 Å². The Bertz CT molecular complexity index is 672. The van der Waals surface area contributed by atoms with E-state index in [2.05, 4.69) is 19.2 Å². The Labute approximate surface area is 138 Å². The average molecular weight is 311 g/mol. The van der Waals surface area contributed by atoms with Gasteiger partial charge in [-0.1, -0.05) is 50.2 Å². The van der Waals surface area contributed by atoms with Crippen molar-refractivity contribution in [1.82, 2.24) is 0 Å². The topological polar surface area (TPSA) is 38.3 Å². The third-order valence-corrected chi connectivity index (χ3v) is 3.94. The van der Waals surface area contributed by atoms with E-state index in [0.717, 1.165) is 28.1 Å². The molecule has 0 saturated carbocycles. The summed E-state index contributed by atoms with van der Waals surface area (Å²) in [6, 6.07) is 13.8. The largest absolute Gasteiger partial charge is 0.481 e. The van der Waals surface area contributed by atoms with Crippen LogP contribution in [0.15, 0.2) is 42.5 Å². The molecule has 0 radical (unpaired) electrons. The highest BCUT2D eigenvalue weighted by Crippen LogP contribution is 2.27. The van der Waals surface area contributed by atoms with Gasteiger partial charge < -0.3 is 10.1 Å². The maximum atomic E-state index is 12.5. The number of rotatable bonds is 5. The Kier molecular flexibility index (Phi) is 5.43. The number of carbonyl (C=O) groups excluding carboxylic acids is 1. The van der Waals surface area contributed by atoms with Crippen molar-refractivity contribution in [2.45, 2.75) is 46.6 Å². The second kappa shape index (κ2) is 7.32. The second-order valence-electron chi connectivity index (χ2n) is 6.21. The van der Waals surface area contributed by atoms with Gasteiger partial charge in [0, 0.05) is 5.69 Å². The number of anilines is 1. The first-order valence-electron chi connectivity index (χ1n) is 8.02. The summed E-state index contributed by atoms with van der Waals surface area (Å²) in [7, 11) is 0. The molecule has 122 valence electrons. The van der Waals surface area contributed by atoms with Crippen LogP contribution < -0.4 is 10.1 Å². The second-order valence-corrected chi connectivity index (χ2v) is 6.21. The molecule has 1 amide bonds. The minimum absolute atomic E-state index is 0.138. The molecule has 1 atom stereocenters. The van der Waals surface area contributed by atoms with Gasteiger partial charge in [-0.2, -0.15) is 0 Å². The molecule has 23 heavy (non-hydrogen) atoms. The number of para-hydroxylation sites is 2. The maximum Gasteiger partial charge on any atom is 0.265 e. The van der Waals surface area contributed by atoms with Gasteiger partial charge in [0.2, 0.25) is 0 Å². The van der Waals surface area contributed by atoms with Crippen molar-refractivity contribution in [2.75, 3.05) is 5.32 Å². The molecule has 0 aliphatic heterocycles. The SMILES string of the molecule is Cc1cccc(C)c1NC(=O)[C@@H](C)Oc1ccccc1C(C)C. The minimum Gasteiger partial charge on any atom is -0.481 e. The van der Waals surface area contributed by atoms with Crippen LogP contribution in [0.4, 0.5) is 5.69 Å². The Morgan fingerprint density at radius 3 is 2.17 bits per heavy atom. The zero-order valence-electron chi connectivity index (χ0n) is 14.5. The molecule has 3 nitrogen and oxygen atoms in total. The van der Waals surface area contributed by atoms with E-state index < -0.39 is 6.10 Å². The monoisotopic (exact) mass is 311 g/mol. The molecule has 0 heterocycles. The molecule has 0 spiro atoms. The lowest BCUT2D eigenvalue weighted by atomic mass is 10.0. The van der Waals surface area contributed by atoms with Crippen LogP contribution in [-0.2, 0) is 4.79 Å². The molecule has 0 aliphatic rings. The normalized spacial score (nSPS) is 12.1. The van der Waals surface area contributed by atoms with Crippen molar-refractivity contribution in [3.8, 4) is 5.75 Å². The summed E-state index contributed by atoms with van der Waals surface area (Å²) in [5.41, 5.74) is 4.07. The van der Waals surface area contributed by atoms with Crippen LogP contribution in [-0.4, -0.2) is 12.0 Å². The van der Waals surface area contributed by atoms with Crippen LogP contribution in [0.3, 0.4) is 0 Å². The fourth-order valence-corrected chi connectivity index (χ4v) is 2.55. The first kappa shape index (κ1) is 17.1. The molecule has 3 heteroatoms. The molecule has 0 aromatic heterocycles. The zero-order valence-corrected chi connectivity index (χ0v) is 14.5. The molecule has 2 aromatic carbocycles. The van der Waals surface area contributed by atoms with E-state index >= 15 is 0 Å². The smallest absolute Gasteiger partial charge is 0.265 e. The predicted molar refractivity (Wildman–Crippen MR) is 95.2 cm³/mol. The number of nitrogens with one attached hydrogen (secondary N) is 1. The maximum absolute atomic E-state index is 12.5. The lowest BCUT2D eigenvalue weighted by molar-refractivity contribution is -0.122. The molecule has 0 aliphatic carbocycles. The number of ether oxygens (including phenoxy) is 1. The van der Waals surface area contributed by atoms with E-state index in [1.165, 1.54) is 0 Å². The van der Waals surface area contributed by atoms with Gasteiger partial charge in [-0.25, -0.2) is 0 Å². The molecular formula is C20H25NO2. The minimum atomic E-state index is -0.561. The summed E-state index contributed by atoms with van der Waals surface area (Å²) in [6.07, 6.45) is -0.561. The zero-order chi connectivity index (χ0) is 17.0.